The molecule has 3 aromatic rings. The second-order valence-electron chi connectivity index (χ2n) is 8.22. The molecular formula is C24H24F3N3O. The number of nitrogens with zero attached hydrogens (tertiary/aromatic N) is 3. The van der Waals surface area contributed by atoms with Crippen molar-refractivity contribution in [2.75, 3.05) is 6.54 Å². The summed E-state index contributed by atoms with van der Waals surface area (Å²) >= 11 is 0. The molecule has 2 heterocycles. The van der Waals surface area contributed by atoms with Gasteiger partial charge < -0.3 is 5.11 Å². The molecule has 0 saturated carbocycles. The fraction of sp³-hybridized carbons (Fsp3) is 0.333. The van der Waals surface area contributed by atoms with E-state index in [1.807, 2.05) is 26.0 Å². The maximum atomic E-state index is 13.1. The van der Waals surface area contributed by atoms with Gasteiger partial charge in [0.2, 0.25) is 0 Å². The quantitative estimate of drug-likeness (QED) is 0.593. The lowest BCUT2D eigenvalue weighted by Crippen LogP contribution is -2.32. The molecular weight excluding hydrogens is 403 g/mol. The average Bonchev–Trinajstić information content (AvgIpc) is 2.73. The van der Waals surface area contributed by atoms with Crippen LogP contribution in [-0.4, -0.2) is 26.5 Å². The van der Waals surface area contributed by atoms with Gasteiger partial charge in [-0.1, -0.05) is 32.0 Å². The van der Waals surface area contributed by atoms with Gasteiger partial charge in [0, 0.05) is 43.1 Å². The number of benzene rings is 2. The van der Waals surface area contributed by atoms with Gasteiger partial charge in [-0.3, -0.25) is 4.90 Å². The summed E-state index contributed by atoms with van der Waals surface area (Å²) in [7, 11) is 0. The third kappa shape index (κ3) is 4.71. The van der Waals surface area contributed by atoms with Crippen LogP contribution < -0.4 is 0 Å². The van der Waals surface area contributed by atoms with Crippen molar-refractivity contribution in [2.45, 2.75) is 45.5 Å². The van der Waals surface area contributed by atoms with Crippen LogP contribution in [-0.2, 0) is 25.7 Å². The zero-order chi connectivity index (χ0) is 22.2. The van der Waals surface area contributed by atoms with E-state index in [1.165, 1.54) is 12.1 Å². The van der Waals surface area contributed by atoms with Gasteiger partial charge in [0.1, 0.15) is 11.6 Å². The van der Waals surface area contributed by atoms with Crippen molar-refractivity contribution in [2.24, 2.45) is 0 Å². The molecule has 7 heteroatoms. The van der Waals surface area contributed by atoms with E-state index in [2.05, 4.69) is 4.90 Å². The van der Waals surface area contributed by atoms with Gasteiger partial charge in [0.15, 0.2) is 0 Å². The molecule has 1 N–H and O–H groups in total. The van der Waals surface area contributed by atoms with Gasteiger partial charge >= 0.3 is 6.18 Å². The van der Waals surface area contributed by atoms with Crippen molar-refractivity contribution < 1.29 is 18.3 Å². The highest BCUT2D eigenvalue weighted by molar-refractivity contribution is 5.65. The number of alkyl halides is 3. The Kier molecular flexibility index (Phi) is 5.71. The van der Waals surface area contributed by atoms with Gasteiger partial charge in [0.25, 0.3) is 0 Å². The van der Waals surface area contributed by atoms with Crippen LogP contribution in [0.15, 0.2) is 48.5 Å². The van der Waals surface area contributed by atoms with Gasteiger partial charge in [-0.2, -0.15) is 13.2 Å². The van der Waals surface area contributed by atoms with Crippen LogP contribution in [0.4, 0.5) is 13.2 Å². The maximum Gasteiger partial charge on any atom is 0.416 e. The van der Waals surface area contributed by atoms with Crippen LogP contribution in [0.5, 0.6) is 5.75 Å². The largest absolute Gasteiger partial charge is 0.508 e. The molecule has 1 aliphatic rings. The molecule has 0 radical (unpaired) electrons. The van der Waals surface area contributed by atoms with Crippen LogP contribution in [0.25, 0.3) is 11.3 Å². The smallest absolute Gasteiger partial charge is 0.416 e. The standard InChI is InChI=1S/C24H24F3N3O/c1-15(2)23-28-21-10-11-30(13-16-4-3-5-18(12-16)24(25,26)27)14-20(21)22(29-23)17-6-8-19(31)9-7-17/h3-9,12,15,31H,10-11,13-14H2,1-2H3. The summed E-state index contributed by atoms with van der Waals surface area (Å²) in [5, 5.41) is 9.65. The van der Waals surface area contributed by atoms with E-state index in [4.69, 9.17) is 9.97 Å². The number of phenols is 1. The van der Waals surface area contributed by atoms with E-state index in [1.54, 1.807) is 18.2 Å². The molecule has 2 aromatic carbocycles. The summed E-state index contributed by atoms with van der Waals surface area (Å²) in [4.78, 5) is 11.7. The van der Waals surface area contributed by atoms with Crippen molar-refractivity contribution in [3.8, 4) is 17.0 Å². The van der Waals surface area contributed by atoms with Crippen LogP contribution in [0.1, 0.15) is 48.0 Å². The zero-order valence-corrected chi connectivity index (χ0v) is 17.4. The second-order valence-corrected chi connectivity index (χ2v) is 8.22. The maximum absolute atomic E-state index is 13.1. The summed E-state index contributed by atoms with van der Waals surface area (Å²) in [5.41, 5.74) is 3.69. The summed E-state index contributed by atoms with van der Waals surface area (Å²) in [5.74, 6) is 1.12. The first-order valence-corrected chi connectivity index (χ1v) is 10.3. The highest BCUT2D eigenvalue weighted by Gasteiger charge is 2.31. The topological polar surface area (TPSA) is 49.3 Å². The number of aromatic hydroxyl groups is 1. The molecule has 31 heavy (non-hydrogen) atoms. The predicted octanol–water partition coefficient (Wildman–Crippen LogP) is 5.55. The van der Waals surface area contributed by atoms with Crippen molar-refractivity contribution >= 4 is 0 Å². The van der Waals surface area contributed by atoms with Gasteiger partial charge in [-0.05, 0) is 35.9 Å². The molecule has 162 valence electrons. The van der Waals surface area contributed by atoms with Crippen LogP contribution in [0.2, 0.25) is 0 Å². The van der Waals surface area contributed by atoms with E-state index in [-0.39, 0.29) is 11.7 Å². The SMILES string of the molecule is CC(C)c1nc2c(c(-c3ccc(O)cc3)n1)CN(Cc1cccc(C(F)(F)F)c1)CC2. The number of halogens is 3. The minimum Gasteiger partial charge on any atom is -0.508 e. The number of aromatic nitrogens is 2. The third-order valence-electron chi connectivity index (χ3n) is 5.47. The Hall–Kier alpha value is -2.93. The summed E-state index contributed by atoms with van der Waals surface area (Å²) < 4.78 is 39.2. The summed E-state index contributed by atoms with van der Waals surface area (Å²) in [6.45, 7) is 5.79. The van der Waals surface area contributed by atoms with Crippen LogP contribution in [0, 0.1) is 0 Å². The molecule has 0 spiro atoms. The Morgan fingerprint density at radius 3 is 2.48 bits per heavy atom. The minimum absolute atomic E-state index is 0.171. The van der Waals surface area contributed by atoms with Crippen molar-refractivity contribution in [1.82, 2.24) is 14.9 Å². The Bertz CT molecular complexity index is 1080. The molecule has 0 fully saturated rings. The number of rotatable bonds is 4. The molecule has 0 atom stereocenters. The van der Waals surface area contributed by atoms with Crippen molar-refractivity contribution in [3.63, 3.8) is 0 Å². The first-order chi connectivity index (χ1) is 14.7. The Labute approximate surface area is 179 Å². The molecule has 1 aromatic heterocycles. The minimum atomic E-state index is -4.35. The molecule has 1 aliphatic heterocycles. The monoisotopic (exact) mass is 427 g/mol. The molecule has 0 aliphatic carbocycles. The molecule has 0 saturated heterocycles. The molecule has 0 amide bonds. The Balaban J connectivity index is 1.66. The highest BCUT2D eigenvalue weighted by atomic mass is 19.4. The van der Waals surface area contributed by atoms with Crippen molar-refractivity contribution in [3.05, 3.63) is 76.7 Å². The second kappa shape index (κ2) is 8.30. The fourth-order valence-electron chi connectivity index (χ4n) is 3.84. The fourth-order valence-corrected chi connectivity index (χ4v) is 3.84. The van der Waals surface area contributed by atoms with Gasteiger partial charge in [-0.25, -0.2) is 9.97 Å². The van der Waals surface area contributed by atoms with E-state index >= 15 is 0 Å². The summed E-state index contributed by atoms with van der Waals surface area (Å²) in [6.07, 6.45) is -3.64. The van der Waals surface area contributed by atoms with Crippen LogP contribution >= 0.6 is 0 Å². The van der Waals surface area contributed by atoms with E-state index in [0.29, 0.717) is 31.6 Å². The van der Waals surface area contributed by atoms with Gasteiger partial charge in [0.05, 0.1) is 17.0 Å². The Morgan fingerprint density at radius 1 is 1.06 bits per heavy atom. The lowest BCUT2D eigenvalue weighted by Gasteiger charge is -2.30. The average molecular weight is 427 g/mol. The normalized spacial score (nSPS) is 14.6. The molecule has 0 bridgehead atoms. The molecule has 4 nitrogen and oxygen atoms in total. The van der Waals surface area contributed by atoms with E-state index in [9.17, 15) is 18.3 Å². The zero-order valence-electron chi connectivity index (χ0n) is 17.4. The number of hydrogen-bond acceptors (Lipinski definition) is 4. The number of hydrogen-bond donors (Lipinski definition) is 1. The van der Waals surface area contributed by atoms with Gasteiger partial charge in [-0.15, -0.1) is 0 Å². The predicted molar refractivity (Wildman–Crippen MR) is 112 cm³/mol. The molecule has 0 unspecified atom stereocenters. The Morgan fingerprint density at radius 2 is 1.81 bits per heavy atom. The number of phenolic OH excluding ortho intramolecular Hbond substituents is 1. The van der Waals surface area contributed by atoms with Crippen molar-refractivity contribution in [1.29, 1.82) is 0 Å². The number of fused-ring (bicyclic) bond motifs is 1. The lowest BCUT2D eigenvalue weighted by atomic mass is 9.97. The first kappa shape index (κ1) is 21.3. The first-order valence-electron chi connectivity index (χ1n) is 10.3. The third-order valence-corrected chi connectivity index (χ3v) is 5.47. The van der Waals surface area contributed by atoms with Crippen LogP contribution in [0.3, 0.4) is 0 Å². The van der Waals surface area contributed by atoms with E-state index < -0.39 is 11.7 Å². The highest BCUT2D eigenvalue weighted by Crippen LogP contribution is 2.32. The van der Waals surface area contributed by atoms with E-state index in [0.717, 1.165) is 34.4 Å². The lowest BCUT2D eigenvalue weighted by molar-refractivity contribution is -0.137. The summed E-state index contributed by atoms with van der Waals surface area (Å²) in [6, 6.07) is 12.4. The molecule has 4 rings (SSSR count).